The average molecular weight is 168 g/mol. The van der Waals surface area contributed by atoms with E-state index in [1.807, 2.05) is 4.98 Å². The van der Waals surface area contributed by atoms with Crippen LogP contribution >= 0.6 is 0 Å². The van der Waals surface area contributed by atoms with Gasteiger partial charge in [-0.25, -0.2) is 9.36 Å². The summed E-state index contributed by atoms with van der Waals surface area (Å²) in [6, 6.07) is 0. The van der Waals surface area contributed by atoms with Gasteiger partial charge in [-0.15, -0.1) is 0 Å². The second-order valence-corrected chi connectivity index (χ2v) is 2.33. The summed E-state index contributed by atoms with van der Waals surface area (Å²) in [7, 11) is 0. The third-order valence-electron chi connectivity index (χ3n) is 1.38. The van der Waals surface area contributed by atoms with Gasteiger partial charge in [0.1, 0.15) is 0 Å². The van der Waals surface area contributed by atoms with Crippen LogP contribution in [0, 0.1) is 12.3 Å². The number of aromatic amines is 1. The summed E-state index contributed by atoms with van der Waals surface area (Å²) in [6.45, 7) is 1.53. The number of rotatable bonds is 0. The molecule has 6 nitrogen and oxygen atoms in total. The van der Waals surface area contributed by atoms with Crippen LogP contribution in [0.15, 0.2) is 15.8 Å². The van der Waals surface area contributed by atoms with Crippen LogP contribution in [0.5, 0.6) is 0 Å². The minimum absolute atomic E-state index is 0.338. The fourth-order valence-electron chi connectivity index (χ4n) is 0.746. The van der Waals surface area contributed by atoms with Crippen molar-refractivity contribution in [2.75, 3.05) is 0 Å². The lowest BCUT2D eigenvalue weighted by Crippen LogP contribution is -2.37. The standard InChI is InChI=1S/C6H8N4O2/c1-3-2-10(5(7)8)6(12)9-4(3)11/h2H,1H3,(H3,7,8)(H,9,11,12). The molecule has 6 heteroatoms. The number of nitrogens with one attached hydrogen (secondary N) is 2. The maximum absolute atomic E-state index is 10.9. The molecular formula is C6H8N4O2. The maximum atomic E-state index is 10.9. The van der Waals surface area contributed by atoms with Crippen molar-refractivity contribution >= 4 is 5.96 Å². The second kappa shape index (κ2) is 2.65. The summed E-state index contributed by atoms with van der Waals surface area (Å²) >= 11 is 0. The van der Waals surface area contributed by atoms with E-state index >= 15 is 0 Å². The van der Waals surface area contributed by atoms with Crippen LogP contribution in [0.25, 0.3) is 0 Å². The molecule has 1 rings (SSSR count). The van der Waals surface area contributed by atoms with Gasteiger partial charge in [0.05, 0.1) is 0 Å². The Kier molecular flexibility index (Phi) is 1.82. The van der Waals surface area contributed by atoms with Gasteiger partial charge in [-0.3, -0.25) is 15.2 Å². The highest BCUT2D eigenvalue weighted by Gasteiger charge is 2.01. The van der Waals surface area contributed by atoms with Gasteiger partial charge in [0.15, 0.2) is 0 Å². The lowest BCUT2D eigenvalue weighted by atomic mass is 10.4. The molecule has 1 heterocycles. The van der Waals surface area contributed by atoms with Crippen molar-refractivity contribution in [3.8, 4) is 0 Å². The normalized spacial score (nSPS) is 9.75. The van der Waals surface area contributed by atoms with Crippen molar-refractivity contribution in [2.24, 2.45) is 5.73 Å². The number of nitrogens with zero attached hydrogens (tertiary/aromatic N) is 1. The monoisotopic (exact) mass is 168 g/mol. The highest BCUT2D eigenvalue weighted by Crippen LogP contribution is 1.80. The molecule has 0 amide bonds. The lowest BCUT2D eigenvalue weighted by molar-refractivity contribution is 0.902. The quantitative estimate of drug-likeness (QED) is 0.327. The Morgan fingerprint density at radius 1 is 1.67 bits per heavy atom. The number of H-pyrrole nitrogens is 1. The molecule has 64 valence electrons. The van der Waals surface area contributed by atoms with Crippen LogP contribution in [0.4, 0.5) is 0 Å². The first kappa shape index (κ1) is 8.25. The van der Waals surface area contributed by atoms with E-state index in [1.54, 1.807) is 0 Å². The molecule has 0 unspecified atom stereocenters. The van der Waals surface area contributed by atoms with E-state index in [0.29, 0.717) is 5.56 Å². The molecule has 0 aliphatic heterocycles. The molecular weight excluding hydrogens is 160 g/mol. The number of nitrogen functional groups attached to an aromatic ring is 1. The Morgan fingerprint density at radius 2 is 2.25 bits per heavy atom. The average Bonchev–Trinajstić information content (AvgIpc) is 1.96. The summed E-state index contributed by atoms with van der Waals surface area (Å²) in [6.07, 6.45) is 1.23. The van der Waals surface area contributed by atoms with Crippen LogP contribution in [0.3, 0.4) is 0 Å². The maximum Gasteiger partial charge on any atom is 0.335 e. The van der Waals surface area contributed by atoms with Gasteiger partial charge in [0.2, 0.25) is 5.96 Å². The van der Waals surface area contributed by atoms with Crippen LogP contribution in [-0.4, -0.2) is 15.5 Å². The highest BCUT2D eigenvalue weighted by atomic mass is 16.2. The molecule has 0 fully saturated rings. The third-order valence-corrected chi connectivity index (χ3v) is 1.38. The zero-order valence-electron chi connectivity index (χ0n) is 6.42. The fraction of sp³-hybridized carbons (Fsp3) is 0.167. The summed E-state index contributed by atoms with van der Waals surface area (Å²) in [5.74, 6) is -0.417. The zero-order chi connectivity index (χ0) is 9.30. The molecule has 12 heavy (non-hydrogen) atoms. The van der Waals surface area contributed by atoms with E-state index in [9.17, 15) is 9.59 Å². The summed E-state index contributed by atoms with van der Waals surface area (Å²) in [5, 5.41) is 6.96. The Hall–Kier alpha value is -1.85. The van der Waals surface area contributed by atoms with Gasteiger partial charge in [0, 0.05) is 11.8 Å². The number of aryl methyl sites for hydroxylation is 1. The highest BCUT2D eigenvalue weighted by molar-refractivity contribution is 5.76. The molecule has 1 aromatic heterocycles. The summed E-state index contributed by atoms with van der Waals surface area (Å²) < 4.78 is 0.858. The lowest BCUT2D eigenvalue weighted by Gasteiger charge is -2.00. The molecule has 0 aliphatic rings. The fourth-order valence-corrected chi connectivity index (χ4v) is 0.746. The molecule has 4 N–H and O–H groups in total. The smallest absolute Gasteiger partial charge is 0.335 e. The van der Waals surface area contributed by atoms with Gasteiger partial charge in [-0.2, -0.15) is 0 Å². The van der Waals surface area contributed by atoms with Gasteiger partial charge < -0.3 is 5.73 Å². The molecule has 0 saturated heterocycles. The van der Waals surface area contributed by atoms with E-state index in [-0.39, 0.29) is 0 Å². The first-order chi connectivity index (χ1) is 5.52. The van der Waals surface area contributed by atoms with Crippen molar-refractivity contribution in [1.29, 1.82) is 5.41 Å². The van der Waals surface area contributed by atoms with Crippen LogP contribution in [0.2, 0.25) is 0 Å². The summed E-state index contributed by atoms with van der Waals surface area (Å²) in [4.78, 5) is 23.8. The van der Waals surface area contributed by atoms with E-state index in [2.05, 4.69) is 0 Å². The number of hydrogen-bond acceptors (Lipinski definition) is 3. The molecule has 0 atom stereocenters. The Morgan fingerprint density at radius 3 is 2.75 bits per heavy atom. The predicted molar refractivity (Wildman–Crippen MR) is 43.4 cm³/mol. The Labute approximate surface area is 67.2 Å². The first-order valence-corrected chi connectivity index (χ1v) is 3.19. The van der Waals surface area contributed by atoms with Crippen LogP contribution in [-0.2, 0) is 0 Å². The summed E-state index contributed by atoms with van der Waals surface area (Å²) in [5.41, 5.74) is 4.24. The Balaban J connectivity index is 3.54. The molecule has 0 saturated carbocycles. The van der Waals surface area contributed by atoms with E-state index in [0.717, 1.165) is 4.57 Å². The van der Waals surface area contributed by atoms with Crippen LogP contribution in [0.1, 0.15) is 5.56 Å². The van der Waals surface area contributed by atoms with Gasteiger partial charge in [-0.1, -0.05) is 0 Å². The second-order valence-electron chi connectivity index (χ2n) is 2.33. The molecule has 0 aliphatic carbocycles. The van der Waals surface area contributed by atoms with E-state index < -0.39 is 17.2 Å². The number of aromatic nitrogens is 2. The van der Waals surface area contributed by atoms with E-state index in [1.165, 1.54) is 13.1 Å². The number of hydrogen-bond donors (Lipinski definition) is 3. The topological polar surface area (TPSA) is 105 Å². The molecule has 1 aromatic rings. The van der Waals surface area contributed by atoms with E-state index in [4.69, 9.17) is 11.1 Å². The largest absolute Gasteiger partial charge is 0.369 e. The van der Waals surface area contributed by atoms with Crippen molar-refractivity contribution < 1.29 is 0 Å². The molecule has 0 bridgehead atoms. The molecule has 0 radical (unpaired) electrons. The minimum Gasteiger partial charge on any atom is -0.369 e. The van der Waals surface area contributed by atoms with Crippen molar-refractivity contribution in [3.05, 3.63) is 32.6 Å². The minimum atomic E-state index is -0.696. The van der Waals surface area contributed by atoms with Crippen molar-refractivity contribution in [3.63, 3.8) is 0 Å². The third kappa shape index (κ3) is 1.26. The number of nitrogens with two attached hydrogens (primary N) is 1. The first-order valence-electron chi connectivity index (χ1n) is 3.19. The van der Waals surface area contributed by atoms with Gasteiger partial charge >= 0.3 is 5.69 Å². The van der Waals surface area contributed by atoms with Gasteiger partial charge in [0.25, 0.3) is 5.56 Å². The van der Waals surface area contributed by atoms with Crippen molar-refractivity contribution in [1.82, 2.24) is 9.55 Å². The predicted octanol–water partition coefficient (Wildman–Crippen LogP) is -1.41. The zero-order valence-corrected chi connectivity index (χ0v) is 6.42. The SMILES string of the molecule is Cc1cn(C(=N)N)c(=O)[nH]c1=O. The van der Waals surface area contributed by atoms with Crippen molar-refractivity contribution in [2.45, 2.75) is 6.92 Å². The Bertz CT molecular complexity index is 428. The molecule has 0 aromatic carbocycles. The van der Waals surface area contributed by atoms with Crippen LogP contribution < -0.4 is 17.0 Å². The van der Waals surface area contributed by atoms with Gasteiger partial charge in [-0.05, 0) is 6.92 Å². The molecule has 0 spiro atoms.